The normalized spacial score (nSPS) is 19.4. The molecule has 2 N–H and O–H groups in total. The van der Waals surface area contributed by atoms with Gasteiger partial charge < -0.3 is 15.4 Å². The summed E-state index contributed by atoms with van der Waals surface area (Å²) in [5.41, 5.74) is 9.50. The molecular weight excluding hydrogens is 212 g/mol. The highest BCUT2D eigenvalue weighted by atomic mass is 16.5. The number of rotatable bonds is 2. The van der Waals surface area contributed by atoms with Crippen molar-refractivity contribution in [3.63, 3.8) is 0 Å². The lowest BCUT2D eigenvalue weighted by atomic mass is 10.0. The van der Waals surface area contributed by atoms with Crippen LogP contribution in [-0.4, -0.2) is 25.3 Å². The Labute approximate surface area is 104 Å². The van der Waals surface area contributed by atoms with Gasteiger partial charge in [0.2, 0.25) is 0 Å². The average molecular weight is 234 g/mol. The van der Waals surface area contributed by atoms with E-state index in [0.29, 0.717) is 6.54 Å². The molecule has 0 bridgehead atoms. The van der Waals surface area contributed by atoms with Gasteiger partial charge in [-0.15, -0.1) is 0 Å². The van der Waals surface area contributed by atoms with Crippen LogP contribution in [0, 0.1) is 6.92 Å². The van der Waals surface area contributed by atoms with Crippen molar-refractivity contribution in [1.29, 1.82) is 0 Å². The van der Waals surface area contributed by atoms with Gasteiger partial charge in [-0.25, -0.2) is 0 Å². The summed E-state index contributed by atoms with van der Waals surface area (Å²) in [6.45, 7) is 9.63. The van der Waals surface area contributed by atoms with E-state index in [1.54, 1.807) is 0 Å². The lowest BCUT2D eigenvalue weighted by molar-refractivity contribution is -0.0277. The lowest BCUT2D eigenvalue weighted by Gasteiger charge is -2.40. The molecule has 1 aliphatic rings. The lowest BCUT2D eigenvalue weighted by Crippen LogP contribution is -2.48. The van der Waals surface area contributed by atoms with Crippen molar-refractivity contribution >= 4 is 5.69 Å². The highest BCUT2D eigenvalue weighted by Crippen LogP contribution is 2.27. The fraction of sp³-hybridized carbons (Fsp3) is 0.571. The standard InChI is InChI=1S/C14H22N2O/c1-11-4-5-12(9-15)13(8-11)16-6-7-17-14(2,3)10-16/h4-5,8H,6-7,9-10,15H2,1-3H3. The molecule has 94 valence electrons. The minimum absolute atomic E-state index is 0.0755. The van der Waals surface area contributed by atoms with Gasteiger partial charge >= 0.3 is 0 Å². The molecule has 1 aromatic carbocycles. The second kappa shape index (κ2) is 4.67. The first-order valence-electron chi connectivity index (χ1n) is 6.20. The van der Waals surface area contributed by atoms with Gasteiger partial charge in [0, 0.05) is 25.3 Å². The number of aryl methyl sites for hydroxylation is 1. The number of morpholine rings is 1. The largest absolute Gasteiger partial charge is 0.372 e. The van der Waals surface area contributed by atoms with E-state index in [-0.39, 0.29) is 5.60 Å². The van der Waals surface area contributed by atoms with Crippen LogP contribution in [0.3, 0.4) is 0 Å². The van der Waals surface area contributed by atoms with E-state index in [1.807, 2.05) is 0 Å². The van der Waals surface area contributed by atoms with Crippen molar-refractivity contribution in [3.05, 3.63) is 29.3 Å². The maximum atomic E-state index is 5.82. The maximum absolute atomic E-state index is 5.82. The second-order valence-electron chi connectivity index (χ2n) is 5.37. The number of hydrogen-bond acceptors (Lipinski definition) is 3. The molecule has 3 heteroatoms. The molecule has 0 aliphatic carbocycles. The van der Waals surface area contributed by atoms with Gasteiger partial charge in [0.1, 0.15) is 0 Å². The Morgan fingerprint density at radius 3 is 2.82 bits per heavy atom. The third-order valence-corrected chi connectivity index (χ3v) is 3.23. The summed E-state index contributed by atoms with van der Waals surface area (Å²) in [6, 6.07) is 6.48. The smallest absolute Gasteiger partial charge is 0.0801 e. The molecule has 1 fully saturated rings. The van der Waals surface area contributed by atoms with Crippen molar-refractivity contribution in [1.82, 2.24) is 0 Å². The van der Waals surface area contributed by atoms with Gasteiger partial charge in [-0.2, -0.15) is 0 Å². The molecule has 0 radical (unpaired) electrons. The fourth-order valence-corrected chi connectivity index (χ4v) is 2.36. The summed E-state index contributed by atoms with van der Waals surface area (Å²) >= 11 is 0. The van der Waals surface area contributed by atoms with E-state index in [1.165, 1.54) is 16.8 Å². The summed E-state index contributed by atoms with van der Waals surface area (Å²) in [4.78, 5) is 2.39. The molecule has 1 saturated heterocycles. The Hall–Kier alpha value is -1.06. The van der Waals surface area contributed by atoms with Crippen molar-refractivity contribution in [2.75, 3.05) is 24.6 Å². The fourth-order valence-electron chi connectivity index (χ4n) is 2.36. The van der Waals surface area contributed by atoms with E-state index in [0.717, 1.165) is 19.7 Å². The Bertz CT molecular complexity index is 401. The first-order chi connectivity index (χ1) is 8.02. The maximum Gasteiger partial charge on any atom is 0.0801 e. The first kappa shape index (κ1) is 12.4. The van der Waals surface area contributed by atoms with Crippen molar-refractivity contribution in [2.45, 2.75) is 32.9 Å². The van der Waals surface area contributed by atoms with Crippen molar-refractivity contribution < 1.29 is 4.74 Å². The Balaban J connectivity index is 2.29. The molecule has 2 rings (SSSR count). The van der Waals surface area contributed by atoms with Crippen LogP contribution < -0.4 is 10.6 Å². The number of hydrogen-bond donors (Lipinski definition) is 1. The summed E-state index contributed by atoms with van der Waals surface area (Å²) in [6.07, 6.45) is 0. The van der Waals surface area contributed by atoms with E-state index in [4.69, 9.17) is 10.5 Å². The molecule has 1 heterocycles. The molecule has 17 heavy (non-hydrogen) atoms. The molecule has 0 aromatic heterocycles. The van der Waals surface area contributed by atoms with Gasteiger partial charge in [-0.05, 0) is 38.0 Å². The van der Waals surface area contributed by atoms with E-state index in [9.17, 15) is 0 Å². The number of benzene rings is 1. The number of ether oxygens (including phenoxy) is 1. The van der Waals surface area contributed by atoms with Gasteiger partial charge in [0.15, 0.2) is 0 Å². The van der Waals surface area contributed by atoms with Gasteiger partial charge in [0.05, 0.1) is 12.2 Å². The average Bonchev–Trinajstić information content (AvgIpc) is 2.27. The molecule has 0 spiro atoms. The molecule has 1 aliphatic heterocycles. The number of anilines is 1. The Morgan fingerprint density at radius 2 is 2.18 bits per heavy atom. The van der Waals surface area contributed by atoms with Gasteiger partial charge in [-0.3, -0.25) is 0 Å². The van der Waals surface area contributed by atoms with Crippen molar-refractivity contribution in [3.8, 4) is 0 Å². The predicted molar refractivity (Wildman–Crippen MR) is 71.3 cm³/mol. The van der Waals surface area contributed by atoms with Crippen LogP contribution in [0.15, 0.2) is 18.2 Å². The zero-order valence-corrected chi connectivity index (χ0v) is 11.0. The van der Waals surface area contributed by atoms with Crippen LogP contribution in [-0.2, 0) is 11.3 Å². The van der Waals surface area contributed by atoms with Crippen LogP contribution in [0.2, 0.25) is 0 Å². The van der Waals surface area contributed by atoms with E-state index < -0.39 is 0 Å². The molecule has 0 unspecified atom stereocenters. The Kier molecular flexibility index (Phi) is 3.40. The van der Waals surface area contributed by atoms with Crippen LogP contribution in [0.5, 0.6) is 0 Å². The molecule has 1 aromatic rings. The van der Waals surface area contributed by atoms with Gasteiger partial charge in [0.25, 0.3) is 0 Å². The summed E-state index contributed by atoms with van der Waals surface area (Å²) in [5.74, 6) is 0. The highest BCUT2D eigenvalue weighted by Gasteiger charge is 2.28. The monoisotopic (exact) mass is 234 g/mol. The van der Waals surface area contributed by atoms with E-state index >= 15 is 0 Å². The topological polar surface area (TPSA) is 38.5 Å². The van der Waals surface area contributed by atoms with Crippen molar-refractivity contribution in [2.24, 2.45) is 5.73 Å². The third-order valence-electron chi connectivity index (χ3n) is 3.23. The second-order valence-corrected chi connectivity index (χ2v) is 5.37. The summed E-state index contributed by atoms with van der Waals surface area (Å²) in [5, 5.41) is 0. The minimum atomic E-state index is -0.0755. The number of nitrogens with two attached hydrogens (primary N) is 1. The Morgan fingerprint density at radius 1 is 1.41 bits per heavy atom. The number of nitrogens with zero attached hydrogens (tertiary/aromatic N) is 1. The summed E-state index contributed by atoms with van der Waals surface area (Å²) < 4.78 is 5.75. The molecule has 0 amide bonds. The minimum Gasteiger partial charge on any atom is -0.372 e. The molecule has 0 atom stereocenters. The SMILES string of the molecule is Cc1ccc(CN)c(N2CCOC(C)(C)C2)c1. The van der Waals surface area contributed by atoms with Crippen LogP contribution in [0.1, 0.15) is 25.0 Å². The first-order valence-corrected chi connectivity index (χ1v) is 6.20. The molecule has 3 nitrogen and oxygen atoms in total. The van der Waals surface area contributed by atoms with E-state index in [2.05, 4.69) is 43.9 Å². The molecular formula is C14H22N2O. The third kappa shape index (κ3) is 2.79. The zero-order chi connectivity index (χ0) is 12.5. The summed E-state index contributed by atoms with van der Waals surface area (Å²) in [7, 11) is 0. The molecule has 0 saturated carbocycles. The van der Waals surface area contributed by atoms with Crippen LogP contribution in [0.25, 0.3) is 0 Å². The van der Waals surface area contributed by atoms with Crippen LogP contribution in [0.4, 0.5) is 5.69 Å². The highest BCUT2D eigenvalue weighted by molar-refractivity contribution is 5.56. The quantitative estimate of drug-likeness (QED) is 0.851. The van der Waals surface area contributed by atoms with Gasteiger partial charge in [-0.1, -0.05) is 12.1 Å². The zero-order valence-electron chi connectivity index (χ0n) is 11.0. The van der Waals surface area contributed by atoms with Crippen LogP contribution >= 0.6 is 0 Å². The predicted octanol–water partition coefficient (Wildman–Crippen LogP) is 2.07.